The number of hydrogen-bond acceptors (Lipinski definition) is 1. The molecule has 122 valence electrons. The molecule has 0 saturated heterocycles. The van der Waals surface area contributed by atoms with Crippen LogP contribution >= 0.6 is 0 Å². The molecule has 0 fully saturated rings. The molecule has 1 aromatic carbocycles. The molecule has 0 atom stereocenters. The van der Waals surface area contributed by atoms with E-state index in [9.17, 15) is 13.2 Å². The molecule has 0 amide bonds. The molecule has 0 N–H and O–H groups in total. The number of halogens is 3. The van der Waals surface area contributed by atoms with E-state index < -0.39 is 11.7 Å². The molecular formula is C18H24F3N. The van der Waals surface area contributed by atoms with Crippen LogP contribution in [0, 0.1) is 0 Å². The summed E-state index contributed by atoms with van der Waals surface area (Å²) in [6.45, 7) is 12.2. The zero-order valence-corrected chi connectivity index (χ0v) is 13.5. The van der Waals surface area contributed by atoms with Crippen molar-refractivity contribution >= 4 is 10.9 Å². The van der Waals surface area contributed by atoms with Gasteiger partial charge < -0.3 is 0 Å². The molecule has 1 nitrogen and oxygen atoms in total. The number of benzene rings is 1. The summed E-state index contributed by atoms with van der Waals surface area (Å²) >= 11 is 0. The zero-order chi connectivity index (χ0) is 17.2. The maximum atomic E-state index is 12.8. The molecule has 2 rings (SSSR count). The van der Waals surface area contributed by atoms with Crippen molar-refractivity contribution in [3.63, 3.8) is 0 Å². The number of rotatable bonds is 2. The van der Waals surface area contributed by atoms with Crippen LogP contribution in [0.4, 0.5) is 13.2 Å². The van der Waals surface area contributed by atoms with Crippen LogP contribution in [0.5, 0.6) is 0 Å². The van der Waals surface area contributed by atoms with Crippen LogP contribution in [0.2, 0.25) is 0 Å². The van der Waals surface area contributed by atoms with E-state index in [1.165, 1.54) is 12.5 Å². The van der Waals surface area contributed by atoms with Crippen molar-refractivity contribution in [1.82, 2.24) is 4.98 Å². The van der Waals surface area contributed by atoms with Crippen molar-refractivity contribution in [3.8, 4) is 0 Å². The lowest BCUT2D eigenvalue weighted by Gasteiger charge is -2.10. The summed E-state index contributed by atoms with van der Waals surface area (Å²) < 4.78 is 38.4. The Morgan fingerprint density at radius 2 is 1.59 bits per heavy atom. The molecule has 0 unspecified atom stereocenters. The van der Waals surface area contributed by atoms with E-state index >= 15 is 0 Å². The van der Waals surface area contributed by atoms with Gasteiger partial charge in [0.05, 0.1) is 11.1 Å². The number of pyridine rings is 1. The summed E-state index contributed by atoms with van der Waals surface area (Å²) in [5.41, 5.74) is 0.0932. The Hall–Kier alpha value is -1.84. The quantitative estimate of drug-likeness (QED) is 0.583. The Balaban J connectivity index is 0.000000789. The Morgan fingerprint density at radius 1 is 1.00 bits per heavy atom. The molecule has 2 aromatic rings. The van der Waals surface area contributed by atoms with Gasteiger partial charge in [-0.3, -0.25) is 4.98 Å². The second kappa shape index (κ2) is 9.98. The minimum absolute atomic E-state index is 0.0472. The highest BCUT2D eigenvalue weighted by atomic mass is 19.4. The fourth-order valence-corrected chi connectivity index (χ4v) is 1.81. The molecule has 4 heteroatoms. The van der Waals surface area contributed by atoms with Gasteiger partial charge in [-0.15, -0.1) is 13.2 Å². The number of aromatic nitrogens is 1. The molecule has 0 radical (unpaired) electrons. The third kappa shape index (κ3) is 5.88. The fraction of sp³-hybridized carbons (Fsp3) is 0.389. The zero-order valence-electron chi connectivity index (χ0n) is 13.5. The van der Waals surface area contributed by atoms with Gasteiger partial charge in [-0.1, -0.05) is 51.8 Å². The molecule has 0 spiro atoms. The maximum Gasteiger partial charge on any atom is 0.418 e. The first-order valence-corrected chi connectivity index (χ1v) is 7.39. The van der Waals surface area contributed by atoms with Crippen molar-refractivity contribution in [3.05, 3.63) is 54.7 Å². The molecule has 0 aliphatic heterocycles. The van der Waals surface area contributed by atoms with Gasteiger partial charge in [0.2, 0.25) is 0 Å². The summed E-state index contributed by atoms with van der Waals surface area (Å²) in [7, 11) is 0. The largest absolute Gasteiger partial charge is 0.418 e. The number of aryl methyl sites for hydroxylation is 1. The monoisotopic (exact) mass is 311 g/mol. The normalized spacial score (nSPS) is 10.3. The summed E-state index contributed by atoms with van der Waals surface area (Å²) in [5, 5.41) is 0.527. The first-order chi connectivity index (χ1) is 10.4. The first kappa shape index (κ1) is 20.2. The van der Waals surface area contributed by atoms with Crippen LogP contribution in [-0.2, 0) is 12.6 Å². The number of hydrogen-bond donors (Lipinski definition) is 0. The Labute approximate surface area is 130 Å². The first-order valence-electron chi connectivity index (χ1n) is 7.39. The van der Waals surface area contributed by atoms with Crippen LogP contribution in [-0.4, -0.2) is 4.98 Å². The van der Waals surface area contributed by atoms with Gasteiger partial charge in [0.15, 0.2) is 0 Å². The SMILES string of the molecule is C=C.CCC.CCCc1ccc2cccc(C(F)(F)F)c2n1. The molecule has 0 saturated carbocycles. The number of para-hydroxylation sites is 1. The predicted octanol–water partition coefficient (Wildman–Crippen LogP) is 6.42. The highest BCUT2D eigenvalue weighted by Gasteiger charge is 2.33. The number of fused-ring (bicyclic) bond motifs is 1. The van der Waals surface area contributed by atoms with Crippen LogP contribution in [0.25, 0.3) is 10.9 Å². The van der Waals surface area contributed by atoms with Crippen molar-refractivity contribution in [1.29, 1.82) is 0 Å². The van der Waals surface area contributed by atoms with Crippen LogP contribution < -0.4 is 0 Å². The lowest BCUT2D eigenvalue weighted by Crippen LogP contribution is -2.07. The molecule has 1 heterocycles. The van der Waals surface area contributed by atoms with E-state index in [1.54, 1.807) is 18.2 Å². The van der Waals surface area contributed by atoms with E-state index in [2.05, 4.69) is 32.0 Å². The minimum Gasteiger partial charge on any atom is -0.252 e. The lowest BCUT2D eigenvalue weighted by atomic mass is 10.1. The standard InChI is InChI=1S/C13H12F3N.C3H8.C2H4/c1-2-4-10-8-7-9-5-3-6-11(12(9)17-10)13(14,15)16;1-3-2;1-2/h3,5-8H,2,4H2,1H3;3H2,1-2H3;1-2H2. The number of alkyl halides is 3. The molecule has 0 bridgehead atoms. The number of nitrogens with zero attached hydrogens (tertiary/aromatic N) is 1. The van der Waals surface area contributed by atoms with Gasteiger partial charge >= 0.3 is 6.18 Å². The third-order valence-corrected chi connectivity index (χ3v) is 2.59. The van der Waals surface area contributed by atoms with Crippen LogP contribution in [0.15, 0.2) is 43.5 Å². The van der Waals surface area contributed by atoms with Crippen molar-refractivity contribution in [2.24, 2.45) is 0 Å². The second-order valence-electron chi connectivity index (χ2n) is 4.63. The van der Waals surface area contributed by atoms with Crippen molar-refractivity contribution in [2.45, 2.75) is 46.2 Å². The van der Waals surface area contributed by atoms with Crippen LogP contribution in [0.3, 0.4) is 0 Å². The maximum absolute atomic E-state index is 12.8. The van der Waals surface area contributed by atoms with E-state index in [0.29, 0.717) is 17.5 Å². The molecule has 22 heavy (non-hydrogen) atoms. The van der Waals surface area contributed by atoms with Gasteiger partial charge in [-0.05, 0) is 18.6 Å². The Bertz CT molecular complexity index is 562. The summed E-state index contributed by atoms with van der Waals surface area (Å²) in [6.07, 6.45) is -1.54. The average Bonchev–Trinajstić information content (AvgIpc) is 2.49. The predicted molar refractivity (Wildman–Crippen MR) is 88.0 cm³/mol. The molecule has 0 aliphatic carbocycles. The smallest absolute Gasteiger partial charge is 0.252 e. The topological polar surface area (TPSA) is 12.9 Å². The van der Waals surface area contributed by atoms with Crippen LogP contribution in [0.1, 0.15) is 44.9 Å². The summed E-state index contributed by atoms with van der Waals surface area (Å²) in [5.74, 6) is 0. The Morgan fingerprint density at radius 3 is 2.09 bits per heavy atom. The third-order valence-electron chi connectivity index (χ3n) is 2.59. The van der Waals surface area contributed by atoms with Gasteiger partial charge in [0, 0.05) is 11.1 Å². The van der Waals surface area contributed by atoms with Gasteiger partial charge in [-0.25, -0.2) is 0 Å². The van der Waals surface area contributed by atoms with Crippen molar-refractivity contribution < 1.29 is 13.2 Å². The van der Waals surface area contributed by atoms with E-state index in [0.717, 1.165) is 12.5 Å². The summed E-state index contributed by atoms with van der Waals surface area (Å²) in [6, 6.07) is 7.61. The Kier molecular flexibility index (Phi) is 9.15. The van der Waals surface area contributed by atoms with E-state index in [-0.39, 0.29) is 5.52 Å². The second-order valence-corrected chi connectivity index (χ2v) is 4.63. The molecule has 1 aromatic heterocycles. The van der Waals surface area contributed by atoms with Crippen molar-refractivity contribution in [2.75, 3.05) is 0 Å². The highest BCUT2D eigenvalue weighted by Crippen LogP contribution is 2.33. The molecule has 0 aliphatic rings. The highest BCUT2D eigenvalue weighted by molar-refractivity contribution is 5.82. The van der Waals surface area contributed by atoms with Gasteiger partial charge in [0.1, 0.15) is 0 Å². The van der Waals surface area contributed by atoms with E-state index in [4.69, 9.17) is 0 Å². The minimum atomic E-state index is -4.35. The fourth-order valence-electron chi connectivity index (χ4n) is 1.81. The lowest BCUT2D eigenvalue weighted by molar-refractivity contribution is -0.136. The average molecular weight is 311 g/mol. The van der Waals surface area contributed by atoms with E-state index in [1.807, 2.05) is 6.92 Å². The van der Waals surface area contributed by atoms with Gasteiger partial charge in [-0.2, -0.15) is 13.2 Å². The molecular weight excluding hydrogens is 287 g/mol. The van der Waals surface area contributed by atoms with Gasteiger partial charge in [0.25, 0.3) is 0 Å². The summed E-state index contributed by atoms with van der Waals surface area (Å²) in [4.78, 5) is 4.11.